The second-order valence-corrected chi connectivity index (χ2v) is 7.05. The molecular weight excluding hydrogens is 343 g/mol. The van der Waals surface area contributed by atoms with Crippen LogP contribution in [0.4, 0.5) is 0 Å². The molecule has 2 aromatic rings. The van der Waals surface area contributed by atoms with Gasteiger partial charge in [-0.2, -0.15) is 0 Å². The van der Waals surface area contributed by atoms with E-state index < -0.39 is 5.97 Å². The molecule has 0 spiro atoms. The lowest BCUT2D eigenvalue weighted by atomic mass is 9.96. The average Bonchev–Trinajstić information content (AvgIpc) is 2.89. The van der Waals surface area contributed by atoms with Crippen LogP contribution in [0.15, 0.2) is 6.07 Å². The standard InChI is InChI=1S/C16H16Cl2O3S/c1-2-20-13(19)8-21-11-7-10-9-5-3-4-6-12(9)22-16(10)15(18)14(11)17/h7H,2-6,8H2,1H3. The van der Waals surface area contributed by atoms with Crippen LogP contribution in [-0.4, -0.2) is 19.2 Å². The zero-order chi connectivity index (χ0) is 15.7. The molecular formula is C16H16Cl2O3S. The van der Waals surface area contributed by atoms with E-state index in [-0.39, 0.29) is 6.61 Å². The number of hydrogen-bond donors (Lipinski definition) is 0. The highest BCUT2D eigenvalue weighted by Crippen LogP contribution is 2.46. The molecule has 22 heavy (non-hydrogen) atoms. The summed E-state index contributed by atoms with van der Waals surface area (Å²) in [7, 11) is 0. The summed E-state index contributed by atoms with van der Waals surface area (Å²) in [6.07, 6.45) is 4.57. The number of ether oxygens (including phenoxy) is 2. The van der Waals surface area contributed by atoms with E-state index in [1.54, 1.807) is 18.3 Å². The normalized spacial score (nSPS) is 14.0. The number of benzene rings is 1. The number of esters is 1. The van der Waals surface area contributed by atoms with E-state index in [9.17, 15) is 4.79 Å². The summed E-state index contributed by atoms with van der Waals surface area (Å²) in [5, 5.41) is 1.97. The predicted octanol–water partition coefficient (Wildman–Crippen LogP) is 5.03. The van der Waals surface area contributed by atoms with Crippen LogP contribution < -0.4 is 4.74 Å². The van der Waals surface area contributed by atoms with Crippen molar-refractivity contribution >= 4 is 50.6 Å². The van der Waals surface area contributed by atoms with Crippen LogP contribution in [0, 0.1) is 0 Å². The Balaban J connectivity index is 1.97. The van der Waals surface area contributed by atoms with Crippen molar-refractivity contribution in [2.75, 3.05) is 13.2 Å². The highest BCUT2D eigenvalue weighted by molar-refractivity contribution is 7.20. The Kier molecular flexibility index (Phi) is 4.81. The lowest BCUT2D eigenvalue weighted by Gasteiger charge is -2.12. The molecule has 1 aromatic carbocycles. The summed E-state index contributed by atoms with van der Waals surface area (Å²) in [5.74, 6) is 0.0283. The zero-order valence-corrected chi connectivity index (χ0v) is 14.5. The van der Waals surface area contributed by atoms with Crippen LogP contribution >= 0.6 is 34.5 Å². The van der Waals surface area contributed by atoms with Crippen molar-refractivity contribution < 1.29 is 14.3 Å². The number of halogens is 2. The van der Waals surface area contributed by atoms with E-state index in [1.807, 2.05) is 6.07 Å². The minimum absolute atomic E-state index is 0.165. The Morgan fingerprint density at radius 3 is 2.82 bits per heavy atom. The first kappa shape index (κ1) is 15.9. The summed E-state index contributed by atoms with van der Waals surface area (Å²) < 4.78 is 11.4. The third-order valence-electron chi connectivity index (χ3n) is 3.75. The van der Waals surface area contributed by atoms with Gasteiger partial charge in [0.05, 0.1) is 16.3 Å². The fraction of sp³-hybridized carbons (Fsp3) is 0.438. The monoisotopic (exact) mass is 358 g/mol. The van der Waals surface area contributed by atoms with Gasteiger partial charge in [-0.3, -0.25) is 0 Å². The minimum Gasteiger partial charge on any atom is -0.480 e. The lowest BCUT2D eigenvalue weighted by molar-refractivity contribution is -0.145. The molecule has 0 radical (unpaired) electrons. The van der Waals surface area contributed by atoms with E-state index in [4.69, 9.17) is 32.7 Å². The molecule has 118 valence electrons. The van der Waals surface area contributed by atoms with Gasteiger partial charge in [-0.15, -0.1) is 11.3 Å². The molecule has 1 heterocycles. The summed E-state index contributed by atoms with van der Waals surface area (Å²) in [6, 6.07) is 1.91. The Morgan fingerprint density at radius 2 is 2.05 bits per heavy atom. The van der Waals surface area contributed by atoms with Gasteiger partial charge in [0.1, 0.15) is 10.8 Å². The summed E-state index contributed by atoms with van der Waals surface area (Å²) in [5.41, 5.74) is 1.35. The second kappa shape index (κ2) is 6.65. The molecule has 0 fully saturated rings. The van der Waals surface area contributed by atoms with Crippen LogP contribution in [0.3, 0.4) is 0 Å². The molecule has 0 saturated carbocycles. The molecule has 6 heteroatoms. The van der Waals surface area contributed by atoms with Gasteiger partial charge in [-0.1, -0.05) is 23.2 Å². The Labute approximate surface area is 143 Å². The summed E-state index contributed by atoms with van der Waals surface area (Å²) in [6.45, 7) is 1.92. The third kappa shape index (κ3) is 2.92. The number of fused-ring (bicyclic) bond motifs is 3. The first-order valence-corrected chi connectivity index (χ1v) is 8.89. The topological polar surface area (TPSA) is 35.5 Å². The van der Waals surface area contributed by atoms with Crippen LogP contribution in [0.1, 0.15) is 30.2 Å². The maximum absolute atomic E-state index is 11.4. The van der Waals surface area contributed by atoms with Gasteiger partial charge in [-0.25, -0.2) is 4.79 Å². The highest BCUT2D eigenvalue weighted by atomic mass is 35.5. The molecule has 0 N–H and O–H groups in total. The van der Waals surface area contributed by atoms with Crippen LogP contribution in [0.2, 0.25) is 10.0 Å². The minimum atomic E-state index is -0.415. The zero-order valence-electron chi connectivity index (χ0n) is 12.2. The fourth-order valence-electron chi connectivity index (χ4n) is 2.75. The highest BCUT2D eigenvalue weighted by Gasteiger charge is 2.21. The predicted molar refractivity (Wildman–Crippen MR) is 90.6 cm³/mol. The van der Waals surface area contributed by atoms with Gasteiger partial charge >= 0.3 is 5.97 Å². The number of rotatable bonds is 4. The van der Waals surface area contributed by atoms with E-state index >= 15 is 0 Å². The number of thiophene rings is 1. The maximum atomic E-state index is 11.4. The van der Waals surface area contributed by atoms with E-state index in [2.05, 4.69) is 0 Å². The van der Waals surface area contributed by atoms with Gasteiger partial charge in [0.25, 0.3) is 0 Å². The molecule has 0 unspecified atom stereocenters. The number of carbonyl (C=O) groups is 1. The second-order valence-electron chi connectivity index (χ2n) is 5.18. The van der Waals surface area contributed by atoms with Gasteiger partial charge < -0.3 is 9.47 Å². The fourth-order valence-corrected chi connectivity index (χ4v) is 4.63. The van der Waals surface area contributed by atoms with Crippen LogP contribution in [0.25, 0.3) is 10.1 Å². The Morgan fingerprint density at radius 1 is 1.27 bits per heavy atom. The molecule has 0 amide bonds. The summed E-state index contributed by atoms with van der Waals surface area (Å²) in [4.78, 5) is 12.8. The molecule has 0 atom stereocenters. The van der Waals surface area contributed by atoms with E-state index in [0.717, 1.165) is 22.9 Å². The molecule has 0 aliphatic heterocycles. The van der Waals surface area contributed by atoms with Crippen LogP contribution in [-0.2, 0) is 22.4 Å². The van der Waals surface area contributed by atoms with E-state index in [0.29, 0.717) is 22.4 Å². The van der Waals surface area contributed by atoms with Crippen LogP contribution in [0.5, 0.6) is 5.75 Å². The maximum Gasteiger partial charge on any atom is 0.344 e. The van der Waals surface area contributed by atoms with Crippen molar-refractivity contribution in [2.24, 2.45) is 0 Å². The number of carbonyl (C=O) groups excluding carboxylic acids is 1. The number of aryl methyl sites for hydroxylation is 2. The van der Waals surface area contributed by atoms with Crippen molar-refractivity contribution in [3.8, 4) is 5.75 Å². The third-order valence-corrected chi connectivity index (χ3v) is 6.03. The van der Waals surface area contributed by atoms with Gasteiger partial charge in [0.2, 0.25) is 0 Å². The molecule has 1 aliphatic carbocycles. The van der Waals surface area contributed by atoms with Crippen molar-refractivity contribution in [1.29, 1.82) is 0 Å². The largest absolute Gasteiger partial charge is 0.480 e. The van der Waals surface area contributed by atoms with Crippen molar-refractivity contribution in [2.45, 2.75) is 32.6 Å². The van der Waals surface area contributed by atoms with Crippen molar-refractivity contribution in [3.05, 3.63) is 26.6 Å². The quantitative estimate of drug-likeness (QED) is 0.719. The molecule has 3 nitrogen and oxygen atoms in total. The van der Waals surface area contributed by atoms with Gasteiger partial charge in [0, 0.05) is 10.3 Å². The molecule has 1 aliphatic rings. The van der Waals surface area contributed by atoms with Crippen molar-refractivity contribution in [3.63, 3.8) is 0 Å². The molecule has 0 saturated heterocycles. The SMILES string of the molecule is CCOC(=O)COc1cc2c3c(sc2c(Cl)c1Cl)CCCC3. The smallest absolute Gasteiger partial charge is 0.344 e. The molecule has 3 rings (SSSR count). The lowest BCUT2D eigenvalue weighted by Crippen LogP contribution is -2.14. The average molecular weight is 359 g/mol. The molecule has 0 bridgehead atoms. The molecule has 1 aromatic heterocycles. The summed E-state index contributed by atoms with van der Waals surface area (Å²) >= 11 is 14.4. The van der Waals surface area contributed by atoms with E-state index in [1.165, 1.54) is 23.3 Å². The Hall–Kier alpha value is -0.970. The van der Waals surface area contributed by atoms with Gasteiger partial charge in [0.15, 0.2) is 6.61 Å². The van der Waals surface area contributed by atoms with Crippen molar-refractivity contribution in [1.82, 2.24) is 0 Å². The Bertz CT molecular complexity index is 724. The number of hydrogen-bond acceptors (Lipinski definition) is 4. The van der Waals surface area contributed by atoms with Gasteiger partial charge in [-0.05, 0) is 44.2 Å². The first-order chi connectivity index (χ1) is 10.6. The first-order valence-electron chi connectivity index (χ1n) is 7.32.